The zero-order valence-corrected chi connectivity index (χ0v) is 17.6. The van der Waals surface area contributed by atoms with Gasteiger partial charge in [-0.1, -0.05) is 58.0 Å². The largest absolute Gasteiger partial charge is 0.335 e. The van der Waals surface area contributed by atoms with Crippen LogP contribution < -0.4 is 10.9 Å². The van der Waals surface area contributed by atoms with Crippen LogP contribution in [0.5, 0.6) is 0 Å². The van der Waals surface area contributed by atoms with Gasteiger partial charge in [0, 0.05) is 23.7 Å². The van der Waals surface area contributed by atoms with Gasteiger partial charge >= 0.3 is 0 Å². The molecule has 148 valence electrons. The number of quaternary nitrogens is 1. The van der Waals surface area contributed by atoms with Gasteiger partial charge in [0.05, 0.1) is 0 Å². The van der Waals surface area contributed by atoms with Gasteiger partial charge in [0.1, 0.15) is 23.9 Å². The summed E-state index contributed by atoms with van der Waals surface area (Å²) >= 11 is 0. The van der Waals surface area contributed by atoms with Gasteiger partial charge in [-0.05, 0) is 36.5 Å². The van der Waals surface area contributed by atoms with Gasteiger partial charge in [-0.3, -0.25) is 9.20 Å². The first kappa shape index (κ1) is 20.3. The van der Waals surface area contributed by atoms with E-state index < -0.39 is 0 Å². The van der Waals surface area contributed by atoms with Crippen molar-refractivity contribution in [2.24, 2.45) is 11.8 Å². The Balaban J connectivity index is 1.77. The number of benzene rings is 1. The Bertz CT molecular complexity index is 987. The third-order valence-electron chi connectivity index (χ3n) is 5.17. The van der Waals surface area contributed by atoms with Crippen LogP contribution in [0.15, 0.2) is 53.5 Å². The van der Waals surface area contributed by atoms with Crippen molar-refractivity contribution in [1.29, 1.82) is 0 Å². The highest BCUT2D eigenvalue weighted by molar-refractivity contribution is 5.39. The number of nitrogens with two attached hydrogens (primary N) is 1. The second-order valence-electron chi connectivity index (χ2n) is 8.57. The molecular formula is C24H32N3O+. The second kappa shape index (κ2) is 8.70. The second-order valence-corrected chi connectivity index (χ2v) is 8.57. The van der Waals surface area contributed by atoms with Crippen LogP contribution in [0, 0.1) is 18.8 Å². The van der Waals surface area contributed by atoms with E-state index in [2.05, 4.69) is 62.3 Å². The smallest absolute Gasteiger partial charge is 0.258 e. The quantitative estimate of drug-likeness (QED) is 0.682. The molecule has 4 nitrogen and oxygen atoms in total. The molecule has 3 rings (SSSR count). The average molecular weight is 379 g/mol. The van der Waals surface area contributed by atoms with Gasteiger partial charge in [-0.15, -0.1) is 0 Å². The highest BCUT2D eigenvalue weighted by Crippen LogP contribution is 2.19. The highest BCUT2D eigenvalue weighted by atomic mass is 16.1. The maximum atomic E-state index is 12.4. The van der Waals surface area contributed by atoms with Gasteiger partial charge in [-0.2, -0.15) is 0 Å². The minimum absolute atomic E-state index is 0.0174. The molecule has 0 unspecified atom stereocenters. The van der Waals surface area contributed by atoms with E-state index in [0.29, 0.717) is 30.1 Å². The molecule has 0 radical (unpaired) electrons. The maximum Gasteiger partial charge on any atom is 0.258 e. The van der Waals surface area contributed by atoms with Crippen LogP contribution in [0.3, 0.4) is 0 Å². The molecule has 0 spiro atoms. The van der Waals surface area contributed by atoms with Gasteiger partial charge in [0.15, 0.2) is 0 Å². The third kappa shape index (κ3) is 4.87. The first-order chi connectivity index (χ1) is 13.3. The SMILES string of the molecule is Cc1ccc2nc(C[NH2+][C@@H](c3ccc(CC(C)C)cc3)C(C)C)cc(=O)n2c1. The van der Waals surface area contributed by atoms with Gasteiger partial charge in [-0.25, -0.2) is 4.98 Å². The summed E-state index contributed by atoms with van der Waals surface area (Å²) < 4.78 is 1.62. The van der Waals surface area contributed by atoms with Gasteiger partial charge in [0.25, 0.3) is 5.56 Å². The molecule has 2 aromatic heterocycles. The molecule has 1 aromatic carbocycles. The molecule has 1 atom stereocenters. The van der Waals surface area contributed by atoms with Crippen LogP contribution in [-0.2, 0) is 13.0 Å². The number of aromatic nitrogens is 2. The molecule has 0 bridgehead atoms. The molecule has 0 saturated heterocycles. The Morgan fingerprint density at radius 2 is 1.75 bits per heavy atom. The standard InChI is InChI=1S/C24H31N3O/c1-16(2)12-19-7-9-20(10-8-19)24(17(3)4)25-14-21-13-23(28)27-15-18(5)6-11-22(27)26-21/h6-11,13,15-17,24-25H,12,14H2,1-5H3/p+1/t24-/m1/s1. The molecule has 3 aromatic rings. The number of hydrogen-bond donors (Lipinski definition) is 1. The summed E-state index contributed by atoms with van der Waals surface area (Å²) in [5, 5.41) is 2.30. The number of aryl methyl sites for hydroxylation is 1. The summed E-state index contributed by atoms with van der Waals surface area (Å²) in [5.41, 5.74) is 5.29. The van der Waals surface area contributed by atoms with Crippen LogP contribution in [0.1, 0.15) is 56.1 Å². The maximum absolute atomic E-state index is 12.4. The van der Waals surface area contributed by atoms with Crippen molar-refractivity contribution in [2.75, 3.05) is 0 Å². The average Bonchev–Trinajstić information content (AvgIpc) is 2.63. The minimum atomic E-state index is -0.0174. The van der Waals surface area contributed by atoms with Crippen molar-refractivity contribution < 1.29 is 5.32 Å². The van der Waals surface area contributed by atoms with E-state index in [0.717, 1.165) is 17.7 Å². The van der Waals surface area contributed by atoms with Crippen molar-refractivity contribution in [2.45, 2.75) is 53.6 Å². The van der Waals surface area contributed by atoms with Crippen molar-refractivity contribution >= 4 is 5.65 Å². The lowest BCUT2D eigenvalue weighted by Gasteiger charge is -2.20. The van der Waals surface area contributed by atoms with Crippen LogP contribution >= 0.6 is 0 Å². The molecular weight excluding hydrogens is 346 g/mol. The Morgan fingerprint density at radius 1 is 1.04 bits per heavy atom. The van der Waals surface area contributed by atoms with E-state index in [-0.39, 0.29) is 5.56 Å². The summed E-state index contributed by atoms with van der Waals surface area (Å²) in [6.07, 6.45) is 2.95. The number of fused-ring (bicyclic) bond motifs is 1. The predicted octanol–water partition coefficient (Wildman–Crippen LogP) is 3.66. The normalized spacial score (nSPS) is 12.8. The number of rotatable bonds is 7. The Morgan fingerprint density at radius 3 is 2.39 bits per heavy atom. The molecule has 2 heterocycles. The zero-order valence-electron chi connectivity index (χ0n) is 17.6. The van der Waals surface area contributed by atoms with Crippen molar-refractivity contribution in [1.82, 2.24) is 9.38 Å². The van der Waals surface area contributed by atoms with E-state index in [1.807, 2.05) is 25.3 Å². The molecule has 0 aliphatic heterocycles. The lowest BCUT2D eigenvalue weighted by molar-refractivity contribution is -0.717. The fourth-order valence-electron chi connectivity index (χ4n) is 3.75. The van der Waals surface area contributed by atoms with Crippen LogP contribution in [0.4, 0.5) is 0 Å². The molecule has 0 fully saturated rings. The van der Waals surface area contributed by atoms with E-state index in [1.54, 1.807) is 10.5 Å². The first-order valence-electron chi connectivity index (χ1n) is 10.2. The van der Waals surface area contributed by atoms with Crippen molar-refractivity contribution in [3.63, 3.8) is 0 Å². The van der Waals surface area contributed by atoms with E-state index in [9.17, 15) is 4.79 Å². The Hall–Kier alpha value is -2.46. The fraction of sp³-hybridized carbons (Fsp3) is 0.417. The van der Waals surface area contributed by atoms with Gasteiger partial charge < -0.3 is 5.32 Å². The Kier molecular flexibility index (Phi) is 6.30. The Labute approximate surface area is 167 Å². The number of hydrogen-bond acceptors (Lipinski definition) is 2. The number of nitrogens with zero attached hydrogens (tertiary/aromatic N) is 2. The summed E-state index contributed by atoms with van der Waals surface area (Å²) in [7, 11) is 0. The summed E-state index contributed by atoms with van der Waals surface area (Å²) in [5.74, 6) is 1.15. The number of pyridine rings is 1. The minimum Gasteiger partial charge on any atom is -0.335 e. The van der Waals surface area contributed by atoms with E-state index in [1.165, 1.54) is 11.1 Å². The monoisotopic (exact) mass is 378 g/mol. The third-order valence-corrected chi connectivity index (χ3v) is 5.17. The lowest BCUT2D eigenvalue weighted by atomic mass is 9.93. The zero-order chi connectivity index (χ0) is 20.3. The van der Waals surface area contributed by atoms with Crippen LogP contribution in [-0.4, -0.2) is 9.38 Å². The van der Waals surface area contributed by atoms with Gasteiger partial charge in [0.2, 0.25) is 0 Å². The highest BCUT2D eigenvalue weighted by Gasteiger charge is 2.19. The molecule has 0 aliphatic rings. The summed E-state index contributed by atoms with van der Waals surface area (Å²) in [6, 6.07) is 14.9. The first-order valence-corrected chi connectivity index (χ1v) is 10.2. The summed E-state index contributed by atoms with van der Waals surface area (Å²) in [4.78, 5) is 17.1. The van der Waals surface area contributed by atoms with Crippen molar-refractivity contribution in [3.8, 4) is 0 Å². The van der Waals surface area contributed by atoms with Crippen LogP contribution in [0.25, 0.3) is 5.65 Å². The fourth-order valence-corrected chi connectivity index (χ4v) is 3.75. The molecule has 0 aliphatic carbocycles. The molecule has 0 saturated carbocycles. The molecule has 28 heavy (non-hydrogen) atoms. The van der Waals surface area contributed by atoms with E-state index >= 15 is 0 Å². The lowest BCUT2D eigenvalue weighted by Crippen LogP contribution is -2.84. The molecule has 4 heteroatoms. The van der Waals surface area contributed by atoms with Crippen molar-refractivity contribution in [3.05, 3.63) is 81.4 Å². The van der Waals surface area contributed by atoms with Crippen LogP contribution in [0.2, 0.25) is 0 Å². The topological polar surface area (TPSA) is 51.0 Å². The summed E-state index contributed by atoms with van der Waals surface area (Å²) in [6.45, 7) is 11.7. The molecule has 0 amide bonds. The van der Waals surface area contributed by atoms with E-state index in [4.69, 9.17) is 0 Å². The predicted molar refractivity (Wildman–Crippen MR) is 114 cm³/mol. The molecule has 2 N–H and O–H groups in total.